The second-order valence-electron chi connectivity index (χ2n) is 3.70. The van der Waals surface area contributed by atoms with Gasteiger partial charge in [0, 0.05) is 25.8 Å². The van der Waals surface area contributed by atoms with Gasteiger partial charge in [-0.3, -0.25) is 4.79 Å². The minimum Gasteiger partial charge on any atom is -0.381 e. The molecule has 4 heteroatoms. The summed E-state index contributed by atoms with van der Waals surface area (Å²) in [6, 6.07) is 0. The summed E-state index contributed by atoms with van der Waals surface area (Å²) in [7, 11) is 1.65. The van der Waals surface area contributed by atoms with Gasteiger partial charge in [-0.25, -0.2) is 0 Å². The van der Waals surface area contributed by atoms with E-state index in [1.807, 2.05) is 0 Å². The van der Waals surface area contributed by atoms with E-state index in [4.69, 9.17) is 4.74 Å². The van der Waals surface area contributed by atoms with Crippen molar-refractivity contribution in [2.24, 2.45) is 0 Å². The lowest BCUT2D eigenvalue weighted by Crippen LogP contribution is -2.50. The molecule has 1 heterocycles. The minimum absolute atomic E-state index is 0.0349. The second-order valence-corrected chi connectivity index (χ2v) is 3.70. The molecule has 13 heavy (non-hydrogen) atoms. The van der Waals surface area contributed by atoms with Gasteiger partial charge in [-0.15, -0.1) is 0 Å². The number of hydrogen-bond donors (Lipinski definition) is 2. The van der Waals surface area contributed by atoms with Crippen LogP contribution in [0.4, 0.5) is 0 Å². The fourth-order valence-electron chi connectivity index (χ4n) is 1.38. The molecule has 4 nitrogen and oxygen atoms in total. The molecule has 2 N–H and O–H groups in total. The highest BCUT2D eigenvalue weighted by Gasteiger charge is 2.26. The zero-order valence-electron chi connectivity index (χ0n) is 8.35. The number of carbonyl (C=O) groups is 1. The molecule has 0 bridgehead atoms. The van der Waals surface area contributed by atoms with Crippen molar-refractivity contribution in [2.45, 2.75) is 25.3 Å². The van der Waals surface area contributed by atoms with Gasteiger partial charge in [-0.1, -0.05) is 0 Å². The molecule has 0 aromatic heterocycles. The van der Waals surface area contributed by atoms with Crippen molar-refractivity contribution in [3.05, 3.63) is 0 Å². The van der Waals surface area contributed by atoms with Crippen molar-refractivity contribution in [1.29, 1.82) is 0 Å². The molecule has 0 aromatic rings. The highest BCUT2D eigenvalue weighted by molar-refractivity contribution is 5.77. The van der Waals surface area contributed by atoms with Gasteiger partial charge >= 0.3 is 0 Å². The predicted molar refractivity (Wildman–Crippen MR) is 50.5 cm³/mol. The summed E-state index contributed by atoms with van der Waals surface area (Å²) >= 11 is 0. The maximum Gasteiger partial charge on any atom is 0.233 e. The van der Waals surface area contributed by atoms with Gasteiger partial charge in [0.25, 0.3) is 0 Å². The van der Waals surface area contributed by atoms with Gasteiger partial charge in [0.2, 0.25) is 5.91 Å². The molecule has 76 valence electrons. The van der Waals surface area contributed by atoms with Crippen LogP contribution in [0.5, 0.6) is 0 Å². The van der Waals surface area contributed by atoms with Crippen LogP contribution in [0.2, 0.25) is 0 Å². The van der Waals surface area contributed by atoms with E-state index < -0.39 is 0 Å². The van der Waals surface area contributed by atoms with Crippen LogP contribution >= 0.6 is 0 Å². The molecule has 1 aliphatic heterocycles. The van der Waals surface area contributed by atoms with Crippen LogP contribution in [0.25, 0.3) is 0 Å². The summed E-state index contributed by atoms with van der Waals surface area (Å²) in [6.45, 7) is 4.11. The van der Waals surface area contributed by atoms with Crippen LogP contribution in [-0.2, 0) is 9.53 Å². The van der Waals surface area contributed by atoms with E-state index in [0.29, 0.717) is 6.54 Å². The van der Waals surface area contributed by atoms with E-state index in [1.165, 1.54) is 0 Å². The Labute approximate surface area is 79.0 Å². The molecular weight excluding hydrogens is 168 g/mol. The van der Waals surface area contributed by atoms with E-state index in [0.717, 1.165) is 26.1 Å². The van der Waals surface area contributed by atoms with E-state index in [9.17, 15) is 4.79 Å². The zero-order chi connectivity index (χ0) is 9.73. The maximum atomic E-state index is 11.0. The topological polar surface area (TPSA) is 50.4 Å². The Balaban J connectivity index is 2.28. The van der Waals surface area contributed by atoms with Crippen molar-refractivity contribution >= 4 is 5.91 Å². The quantitative estimate of drug-likeness (QED) is 0.646. The largest absolute Gasteiger partial charge is 0.381 e. The highest BCUT2D eigenvalue weighted by atomic mass is 16.5. The Morgan fingerprint density at radius 1 is 1.46 bits per heavy atom. The molecule has 0 atom stereocenters. The fourth-order valence-corrected chi connectivity index (χ4v) is 1.38. The number of carbonyl (C=O) groups excluding carboxylic acids is 1. The molecule has 1 amide bonds. The van der Waals surface area contributed by atoms with Crippen LogP contribution in [-0.4, -0.2) is 38.3 Å². The molecule has 1 rings (SSSR count). The monoisotopic (exact) mass is 186 g/mol. The molecule has 1 saturated heterocycles. The maximum absolute atomic E-state index is 11.0. The lowest BCUT2D eigenvalue weighted by atomic mass is 9.92. The van der Waals surface area contributed by atoms with Crippen molar-refractivity contribution < 1.29 is 9.53 Å². The third-order valence-corrected chi connectivity index (χ3v) is 2.55. The zero-order valence-corrected chi connectivity index (χ0v) is 8.35. The summed E-state index contributed by atoms with van der Waals surface area (Å²) in [5, 5.41) is 5.85. The number of rotatable bonds is 3. The first-order valence-electron chi connectivity index (χ1n) is 4.70. The fraction of sp³-hybridized carbons (Fsp3) is 0.889. The molecular formula is C9H18N2O2. The van der Waals surface area contributed by atoms with Gasteiger partial charge < -0.3 is 15.4 Å². The first kappa shape index (κ1) is 10.5. The summed E-state index contributed by atoms with van der Waals surface area (Å²) in [5.74, 6) is 0.0349. The predicted octanol–water partition coefficient (Wildman–Crippen LogP) is -0.109. The van der Waals surface area contributed by atoms with Gasteiger partial charge in [-0.2, -0.15) is 0 Å². The molecule has 1 aliphatic rings. The Hall–Kier alpha value is -0.610. The Kier molecular flexibility index (Phi) is 3.69. The molecule has 0 aliphatic carbocycles. The van der Waals surface area contributed by atoms with Crippen LogP contribution in [0, 0.1) is 0 Å². The summed E-state index contributed by atoms with van der Waals surface area (Å²) in [5.41, 5.74) is 0.0742. The summed E-state index contributed by atoms with van der Waals surface area (Å²) in [6.07, 6.45) is 1.95. The number of likely N-dealkylation sites (N-methyl/N-ethyl adjacent to an activating group) is 1. The van der Waals surface area contributed by atoms with Crippen molar-refractivity contribution in [3.8, 4) is 0 Å². The minimum atomic E-state index is 0.0349. The van der Waals surface area contributed by atoms with E-state index >= 15 is 0 Å². The Morgan fingerprint density at radius 3 is 2.62 bits per heavy atom. The third-order valence-electron chi connectivity index (χ3n) is 2.55. The number of nitrogens with one attached hydrogen (secondary N) is 2. The molecule has 1 fully saturated rings. The van der Waals surface area contributed by atoms with Crippen molar-refractivity contribution in [2.75, 3.05) is 26.8 Å². The number of amides is 1. The van der Waals surface area contributed by atoms with Gasteiger partial charge in [-0.05, 0) is 19.8 Å². The average molecular weight is 186 g/mol. The molecule has 0 spiro atoms. The van der Waals surface area contributed by atoms with Crippen molar-refractivity contribution in [1.82, 2.24) is 10.6 Å². The summed E-state index contributed by atoms with van der Waals surface area (Å²) < 4.78 is 5.26. The lowest BCUT2D eigenvalue weighted by molar-refractivity contribution is -0.120. The highest BCUT2D eigenvalue weighted by Crippen LogP contribution is 2.18. The Bertz CT molecular complexity index is 176. The second kappa shape index (κ2) is 4.58. The molecule has 0 unspecified atom stereocenters. The first-order chi connectivity index (χ1) is 6.16. The average Bonchev–Trinajstić information content (AvgIpc) is 2.15. The standard InChI is InChI=1S/C9H18N2O2/c1-9(3-5-13-6-4-9)11-7-8(12)10-2/h11H,3-7H2,1-2H3,(H,10,12). The van der Waals surface area contributed by atoms with Crippen molar-refractivity contribution in [3.63, 3.8) is 0 Å². The van der Waals surface area contributed by atoms with E-state index in [1.54, 1.807) is 7.05 Å². The lowest BCUT2D eigenvalue weighted by Gasteiger charge is -2.34. The van der Waals surface area contributed by atoms with Crippen LogP contribution in [0.15, 0.2) is 0 Å². The smallest absolute Gasteiger partial charge is 0.233 e. The van der Waals surface area contributed by atoms with E-state index in [2.05, 4.69) is 17.6 Å². The number of hydrogen-bond acceptors (Lipinski definition) is 3. The summed E-state index contributed by atoms with van der Waals surface area (Å²) in [4.78, 5) is 11.0. The van der Waals surface area contributed by atoms with Crippen LogP contribution < -0.4 is 10.6 Å². The van der Waals surface area contributed by atoms with E-state index in [-0.39, 0.29) is 11.4 Å². The Morgan fingerprint density at radius 2 is 2.08 bits per heavy atom. The SMILES string of the molecule is CNC(=O)CNC1(C)CCOCC1. The molecule has 0 radical (unpaired) electrons. The molecule has 0 aromatic carbocycles. The first-order valence-corrected chi connectivity index (χ1v) is 4.70. The van der Waals surface area contributed by atoms with Crippen LogP contribution in [0.1, 0.15) is 19.8 Å². The van der Waals surface area contributed by atoms with Gasteiger partial charge in [0.1, 0.15) is 0 Å². The van der Waals surface area contributed by atoms with Gasteiger partial charge in [0.05, 0.1) is 6.54 Å². The molecule has 0 saturated carbocycles. The van der Waals surface area contributed by atoms with Crippen LogP contribution in [0.3, 0.4) is 0 Å². The third kappa shape index (κ3) is 3.32. The van der Waals surface area contributed by atoms with Gasteiger partial charge in [0.15, 0.2) is 0 Å². The number of ether oxygens (including phenoxy) is 1. The normalized spacial score (nSPS) is 21.1.